The number of nitrogens with zero attached hydrogens (tertiary/aromatic N) is 1. The van der Waals surface area contributed by atoms with Crippen molar-refractivity contribution in [1.82, 2.24) is 15.6 Å². The van der Waals surface area contributed by atoms with Crippen molar-refractivity contribution in [2.75, 3.05) is 19.7 Å². The van der Waals surface area contributed by atoms with Crippen LogP contribution in [0.2, 0.25) is 0 Å². The molecule has 1 aliphatic carbocycles. The Morgan fingerprint density at radius 3 is 2.33 bits per heavy atom. The Labute approximate surface area is 210 Å². The number of carbonyl (C=O) groups is 3. The molecular weight excluding hydrogens is 456 g/mol. The first-order valence-corrected chi connectivity index (χ1v) is 12.4. The number of fused-ring (bicyclic) bond motifs is 1. The lowest BCUT2D eigenvalue weighted by Crippen LogP contribution is -2.34. The molecule has 0 radical (unpaired) electrons. The van der Waals surface area contributed by atoms with E-state index in [1.165, 1.54) is 0 Å². The van der Waals surface area contributed by atoms with Crippen molar-refractivity contribution in [3.63, 3.8) is 0 Å². The van der Waals surface area contributed by atoms with Crippen molar-refractivity contribution in [1.29, 1.82) is 0 Å². The fourth-order valence-corrected chi connectivity index (χ4v) is 4.72. The van der Waals surface area contributed by atoms with Crippen molar-refractivity contribution in [3.05, 3.63) is 65.7 Å². The Bertz CT molecular complexity index is 1250. The number of pyridine rings is 1. The fourth-order valence-electron chi connectivity index (χ4n) is 4.72. The molecule has 0 atom stereocenters. The van der Waals surface area contributed by atoms with Crippen molar-refractivity contribution < 1.29 is 19.1 Å². The van der Waals surface area contributed by atoms with Crippen molar-refractivity contribution in [2.45, 2.75) is 32.6 Å². The van der Waals surface area contributed by atoms with E-state index in [1.807, 2.05) is 30.3 Å². The number of nitrogens with one attached hydrogen (secondary N) is 2. The Morgan fingerprint density at radius 2 is 1.64 bits per heavy atom. The van der Waals surface area contributed by atoms with E-state index >= 15 is 0 Å². The normalized spacial score (nSPS) is 17.4. The number of primary amides is 1. The number of hydrogen-bond acceptors (Lipinski definition) is 5. The van der Waals surface area contributed by atoms with E-state index in [9.17, 15) is 14.4 Å². The number of hydrogen-bond donors (Lipinski definition) is 3. The van der Waals surface area contributed by atoms with E-state index < -0.39 is 5.91 Å². The van der Waals surface area contributed by atoms with Crippen LogP contribution in [-0.2, 0) is 4.74 Å². The van der Waals surface area contributed by atoms with Gasteiger partial charge in [0, 0.05) is 29.6 Å². The third-order valence-corrected chi connectivity index (χ3v) is 6.73. The van der Waals surface area contributed by atoms with E-state index in [-0.39, 0.29) is 12.0 Å². The standard InChI is InChI=1S/C28H32N4O4/c1-2-36-28(35)31-17-19-12-10-18(11-13-19)16-30-27(34)23-15-25(32-24-9-4-3-8-22(23)24)20-6-5-7-21(14-20)26(29)33/h3-9,14-15,18-19H,2,10-13,16-17H2,1H3,(H2,29,33)(H,30,34)(H,31,35)/t18-,19-. The predicted molar refractivity (Wildman–Crippen MR) is 139 cm³/mol. The third kappa shape index (κ3) is 6.19. The molecule has 0 aliphatic heterocycles. The lowest BCUT2D eigenvalue weighted by Gasteiger charge is -2.28. The van der Waals surface area contributed by atoms with Crippen LogP contribution in [0, 0.1) is 11.8 Å². The number of amides is 3. The van der Waals surface area contributed by atoms with Gasteiger partial charge in [0.15, 0.2) is 0 Å². The lowest BCUT2D eigenvalue weighted by atomic mass is 9.82. The molecule has 4 rings (SSSR count). The molecular formula is C28H32N4O4. The summed E-state index contributed by atoms with van der Waals surface area (Å²) in [6.07, 6.45) is 3.64. The first kappa shape index (κ1) is 25.2. The molecule has 3 aromatic rings. The van der Waals surface area contributed by atoms with Gasteiger partial charge in [0.05, 0.1) is 23.4 Å². The molecule has 1 aliphatic rings. The number of para-hydroxylation sites is 1. The third-order valence-electron chi connectivity index (χ3n) is 6.73. The summed E-state index contributed by atoms with van der Waals surface area (Å²) in [5, 5.41) is 6.72. The average Bonchev–Trinajstić information content (AvgIpc) is 2.90. The summed E-state index contributed by atoms with van der Waals surface area (Å²) in [6, 6.07) is 16.3. The van der Waals surface area contributed by atoms with Crippen LogP contribution < -0.4 is 16.4 Å². The van der Waals surface area contributed by atoms with E-state index in [2.05, 4.69) is 10.6 Å². The first-order chi connectivity index (χ1) is 17.4. The molecule has 0 saturated heterocycles. The van der Waals surface area contributed by atoms with Gasteiger partial charge in [0.1, 0.15) is 0 Å². The lowest BCUT2D eigenvalue weighted by molar-refractivity contribution is 0.0941. The molecule has 1 aromatic heterocycles. The van der Waals surface area contributed by atoms with E-state index in [0.29, 0.717) is 53.9 Å². The van der Waals surface area contributed by atoms with Crippen LogP contribution in [0.15, 0.2) is 54.6 Å². The zero-order chi connectivity index (χ0) is 25.5. The second kappa shape index (κ2) is 11.7. The maximum atomic E-state index is 13.3. The van der Waals surface area contributed by atoms with Gasteiger partial charge in [-0.3, -0.25) is 9.59 Å². The van der Waals surface area contributed by atoms with Crippen LogP contribution >= 0.6 is 0 Å². The van der Waals surface area contributed by atoms with Gasteiger partial charge in [-0.25, -0.2) is 9.78 Å². The summed E-state index contributed by atoms with van der Waals surface area (Å²) < 4.78 is 4.92. The smallest absolute Gasteiger partial charge is 0.407 e. The molecule has 4 N–H and O–H groups in total. The minimum absolute atomic E-state index is 0.146. The number of rotatable bonds is 8. The van der Waals surface area contributed by atoms with Crippen LogP contribution in [0.1, 0.15) is 53.3 Å². The Kier molecular flexibility index (Phi) is 8.15. The van der Waals surface area contributed by atoms with Crippen LogP contribution in [0.5, 0.6) is 0 Å². The Balaban J connectivity index is 1.42. The topological polar surface area (TPSA) is 123 Å². The van der Waals surface area contributed by atoms with Crippen LogP contribution in [0.3, 0.4) is 0 Å². The van der Waals surface area contributed by atoms with Gasteiger partial charge >= 0.3 is 6.09 Å². The number of nitrogens with two attached hydrogens (primary N) is 1. The number of carbonyl (C=O) groups excluding carboxylic acids is 3. The molecule has 1 heterocycles. The van der Waals surface area contributed by atoms with Gasteiger partial charge in [0.2, 0.25) is 5.91 Å². The first-order valence-electron chi connectivity index (χ1n) is 12.4. The summed E-state index contributed by atoms with van der Waals surface area (Å²) >= 11 is 0. The number of benzene rings is 2. The SMILES string of the molecule is CCOC(=O)NC[C@H]1CC[C@H](CNC(=O)c2cc(-c3cccc(C(N)=O)c3)nc3ccccc23)CC1. The summed E-state index contributed by atoms with van der Waals surface area (Å²) in [5.74, 6) is 0.172. The largest absolute Gasteiger partial charge is 0.450 e. The summed E-state index contributed by atoms with van der Waals surface area (Å²) in [5.41, 5.74) is 8.42. The molecule has 36 heavy (non-hydrogen) atoms. The second-order valence-corrected chi connectivity index (χ2v) is 9.22. The van der Waals surface area contributed by atoms with Crippen LogP contribution in [-0.4, -0.2) is 42.6 Å². The molecule has 1 fully saturated rings. The Morgan fingerprint density at radius 1 is 0.944 bits per heavy atom. The highest BCUT2D eigenvalue weighted by atomic mass is 16.5. The maximum absolute atomic E-state index is 13.3. The highest BCUT2D eigenvalue weighted by molar-refractivity contribution is 6.07. The minimum atomic E-state index is -0.512. The monoisotopic (exact) mass is 488 g/mol. The molecule has 1 saturated carbocycles. The van der Waals surface area contributed by atoms with Gasteiger partial charge in [-0.05, 0) is 68.7 Å². The molecule has 3 amide bonds. The Hall–Kier alpha value is -3.94. The maximum Gasteiger partial charge on any atom is 0.407 e. The van der Waals surface area contributed by atoms with Crippen molar-refractivity contribution >= 4 is 28.8 Å². The second-order valence-electron chi connectivity index (χ2n) is 9.22. The number of alkyl carbamates (subject to hydrolysis) is 1. The average molecular weight is 489 g/mol. The van der Waals surface area contributed by atoms with Crippen LogP contribution in [0.4, 0.5) is 4.79 Å². The quantitative estimate of drug-likeness (QED) is 0.437. The predicted octanol–water partition coefficient (Wildman–Crippen LogP) is 4.28. The van der Waals surface area contributed by atoms with E-state index in [4.69, 9.17) is 15.5 Å². The number of aromatic nitrogens is 1. The van der Waals surface area contributed by atoms with Gasteiger partial charge in [0.25, 0.3) is 5.91 Å². The molecule has 188 valence electrons. The molecule has 0 unspecified atom stereocenters. The summed E-state index contributed by atoms with van der Waals surface area (Å²) in [6.45, 7) is 3.38. The van der Waals surface area contributed by atoms with E-state index in [0.717, 1.165) is 36.6 Å². The zero-order valence-corrected chi connectivity index (χ0v) is 20.5. The van der Waals surface area contributed by atoms with Gasteiger partial charge in [-0.2, -0.15) is 0 Å². The fraction of sp³-hybridized carbons (Fsp3) is 0.357. The molecule has 2 aromatic carbocycles. The summed E-state index contributed by atoms with van der Waals surface area (Å²) in [4.78, 5) is 41.2. The highest BCUT2D eigenvalue weighted by Crippen LogP contribution is 2.29. The molecule has 8 heteroatoms. The zero-order valence-electron chi connectivity index (χ0n) is 20.5. The minimum Gasteiger partial charge on any atom is -0.450 e. The van der Waals surface area contributed by atoms with Crippen molar-refractivity contribution in [3.8, 4) is 11.3 Å². The number of ether oxygens (including phenoxy) is 1. The van der Waals surface area contributed by atoms with Gasteiger partial charge in [-0.15, -0.1) is 0 Å². The molecule has 0 spiro atoms. The molecule has 0 bridgehead atoms. The van der Waals surface area contributed by atoms with Gasteiger partial charge < -0.3 is 21.1 Å². The van der Waals surface area contributed by atoms with Crippen molar-refractivity contribution in [2.24, 2.45) is 17.6 Å². The summed E-state index contributed by atoms with van der Waals surface area (Å²) in [7, 11) is 0. The molecule has 8 nitrogen and oxygen atoms in total. The highest BCUT2D eigenvalue weighted by Gasteiger charge is 2.23. The van der Waals surface area contributed by atoms with E-state index in [1.54, 1.807) is 31.2 Å². The van der Waals surface area contributed by atoms with Crippen LogP contribution in [0.25, 0.3) is 22.2 Å². The van der Waals surface area contributed by atoms with Gasteiger partial charge in [-0.1, -0.05) is 30.3 Å².